The molecule has 0 aliphatic carbocycles. The molecule has 0 aliphatic rings. The summed E-state index contributed by atoms with van der Waals surface area (Å²) < 4.78 is 23.0. The van der Waals surface area contributed by atoms with E-state index in [0.717, 1.165) is 64.2 Å². The van der Waals surface area contributed by atoms with Crippen LogP contribution in [0.1, 0.15) is 309 Å². The number of ether oxygens (including phenoxy) is 4. The summed E-state index contributed by atoms with van der Waals surface area (Å²) in [6.07, 6.45) is 76.1. The molecule has 0 radical (unpaired) electrons. The average Bonchev–Trinajstić information content (AvgIpc) is 3.42. The Hall–Kier alpha value is -3.01. The molecule has 0 aliphatic heterocycles. The largest absolute Gasteiger partial charge is 0.477 e. The summed E-state index contributed by atoms with van der Waals surface area (Å²) in [6, 6.07) is 0. The third kappa shape index (κ3) is 62.4. The quantitative estimate of drug-likeness (QED) is 0.0211. The molecule has 79 heavy (non-hydrogen) atoms. The first-order valence-electron chi connectivity index (χ1n) is 33.5. The zero-order valence-corrected chi connectivity index (χ0v) is 52.5. The number of hydrogen-bond donors (Lipinski definition) is 1. The molecule has 0 bridgehead atoms. The first-order chi connectivity index (χ1) is 38.6. The Morgan fingerprint density at radius 1 is 0.392 bits per heavy atom. The highest BCUT2D eigenvalue weighted by atomic mass is 16.7. The number of unbranched alkanes of at least 4 members (excludes halogenated alkanes) is 37. The zero-order valence-electron chi connectivity index (χ0n) is 52.5. The van der Waals surface area contributed by atoms with Crippen LogP contribution < -0.4 is 0 Å². The van der Waals surface area contributed by atoms with E-state index in [1.807, 2.05) is 21.1 Å². The second kappa shape index (κ2) is 61.1. The maximum absolute atomic E-state index is 12.9. The van der Waals surface area contributed by atoms with Crippen LogP contribution in [0.5, 0.6) is 0 Å². The molecule has 9 heteroatoms. The van der Waals surface area contributed by atoms with Gasteiger partial charge in [0.25, 0.3) is 6.29 Å². The van der Waals surface area contributed by atoms with Crippen molar-refractivity contribution < 1.29 is 42.9 Å². The first kappa shape index (κ1) is 76.0. The Labute approximate surface area is 488 Å². The van der Waals surface area contributed by atoms with E-state index in [4.69, 9.17) is 18.9 Å². The van der Waals surface area contributed by atoms with Crippen LogP contribution in [0.15, 0.2) is 60.8 Å². The van der Waals surface area contributed by atoms with E-state index < -0.39 is 24.3 Å². The second-order valence-electron chi connectivity index (χ2n) is 23.7. The normalized spacial score (nSPS) is 13.1. The predicted octanol–water partition coefficient (Wildman–Crippen LogP) is 20.4. The van der Waals surface area contributed by atoms with Crippen molar-refractivity contribution in [2.24, 2.45) is 0 Å². The number of carboxylic acids is 1. The molecule has 0 heterocycles. The van der Waals surface area contributed by atoms with Gasteiger partial charge in [0.05, 0.1) is 34.4 Å². The molecule has 0 amide bonds. The van der Waals surface area contributed by atoms with Gasteiger partial charge in [-0.25, -0.2) is 4.79 Å². The number of allylic oxidation sites excluding steroid dienone is 10. The second-order valence-corrected chi connectivity index (χ2v) is 23.7. The Kier molecular flexibility index (Phi) is 58.7. The number of esters is 2. The van der Waals surface area contributed by atoms with Crippen molar-refractivity contribution in [3.05, 3.63) is 60.8 Å². The number of likely N-dealkylation sites (N-methyl/N-ethyl adjacent to an activating group) is 1. The molecule has 460 valence electrons. The molecule has 0 rings (SSSR count). The number of rotatable bonds is 62. The van der Waals surface area contributed by atoms with Gasteiger partial charge >= 0.3 is 17.9 Å². The molecule has 2 atom stereocenters. The molecule has 1 N–H and O–H groups in total. The SMILES string of the molecule is CC/C=C\C/C=C\C/C=C\C/C=C\CCCCCCCCCCCCCCCCCCC(=O)OC(COC(=O)CCCCCCCCCCCCCCC/C=C\CCCCCCCCCC)COC(OCC[N+](C)(C)C)C(=O)O. The van der Waals surface area contributed by atoms with Gasteiger partial charge in [0.2, 0.25) is 0 Å². The van der Waals surface area contributed by atoms with Crippen LogP contribution in [0.2, 0.25) is 0 Å². The monoisotopic (exact) mass is 1110 g/mol. The zero-order chi connectivity index (χ0) is 57.6. The van der Waals surface area contributed by atoms with Crippen LogP contribution >= 0.6 is 0 Å². The van der Waals surface area contributed by atoms with Crippen LogP contribution in [-0.2, 0) is 33.3 Å². The van der Waals surface area contributed by atoms with Crippen molar-refractivity contribution in [3.8, 4) is 0 Å². The summed E-state index contributed by atoms with van der Waals surface area (Å²) in [5.41, 5.74) is 0. The van der Waals surface area contributed by atoms with Crippen molar-refractivity contribution in [3.63, 3.8) is 0 Å². The highest BCUT2D eigenvalue weighted by molar-refractivity contribution is 5.71. The van der Waals surface area contributed by atoms with Gasteiger partial charge in [-0.3, -0.25) is 9.59 Å². The lowest BCUT2D eigenvalue weighted by atomic mass is 10.0. The van der Waals surface area contributed by atoms with E-state index in [1.54, 1.807) is 0 Å². The minimum atomic E-state index is -1.51. The molecule has 0 aromatic rings. The topological polar surface area (TPSA) is 108 Å². The van der Waals surface area contributed by atoms with Crippen molar-refractivity contribution in [2.75, 3.05) is 47.5 Å². The van der Waals surface area contributed by atoms with Crippen molar-refractivity contribution in [1.82, 2.24) is 0 Å². The number of hydrogen-bond acceptors (Lipinski definition) is 7. The first-order valence-corrected chi connectivity index (χ1v) is 33.5. The fourth-order valence-corrected chi connectivity index (χ4v) is 9.65. The molecule has 0 saturated carbocycles. The number of aliphatic carboxylic acids is 1. The fraction of sp³-hybridized carbons (Fsp3) is 0.814. The lowest BCUT2D eigenvalue weighted by Crippen LogP contribution is -2.40. The molecule has 0 saturated heterocycles. The maximum atomic E-state index is 12.9. The summed E-state index contributed by atoms with van der Waals surface area (Å²) in [5.74, 6) is -1.99. The molecule has 0 aromatic heterocycles. The average molecular weight is 1110 g/mol. The Bertz CT molecular complexity index is 1480. The maximum Gasteiger partial charge on any atom is 0.361 e. The van der Waals surface area contributed by atoms with Gasteiger partial charge in [0, 0.05) is 12.8 Å². The van der Waals surface area contributed by atoms with Crippen LogP contribution in [0.3, 0.4) is 0 Å². The standard InChI is InChI=1S/C70H127NO8/c1-6-8-10-12-14-16-18-20-22-24-26-28-30-32-33-34-35-37-39-41-43-45-47-49-51-53-55-57-59-61-68(73)79-66(65-78-70(69(74)75)76-63-62-71(3,4)5)64-77-67(72)60-58-56-54-52-50-48-46-44-42-40-38-36-31-29-27-25-23-21-19-17-15-13-11-9-7-2/h8,10,14,16,20,22,25-28,66,70H,6-7,9,11-13,15,17-19,21,23-24,29-65H2,1-5H3/p+1/b10-8-,16-14-,22-20-,27-25-,28-26-. The molecule has 0 aromatic carbocycles. The third-order valence-corrected chi connectivity index (χ3v) is 14.8. The highest BCUT2D eigenvalue weighted by Gasteiger charge is 2.25. The van der Waals surface area contributed by atoms with Crippen LogP contribution in [0, 0.1) is 0 Å². The summed E-state index contributed by atoms with van der Waals surface area (Å²) in [6.45, 7) is 4.81. The van der Waals surface area contributed by atoms with Crippen LogP contribution in [-0.4, -0.2) is 87.4 Å². The fourth-order valence-electron chi connectivity index (χ4n) is 9.65. The third-order valence-electron chi connectivity index (χ3n) is 14.8. The molecule has 0 spiro atoms. The molecule has 2 unspecified atom stereocenters. The number of carbonyl (C=O) groups excluding carboxylic acids is 2. The van der Waals surface area contributed by atoms with E-state index in [-0.39, 0.29) is 32.2 Å². The van der Waals surface area contributed by atoms with Crippen molar-refractivity contribution in [1.29, 1.82) is 0 Å². The minimum Gasteiger partial charge on any atom is -0.477 e. The van der Waals surface area contributed by atoms with E-state index in [2.05, 4.69) is 74.6 Å². The summed E-state index contributed by atoms with van der Waals surface area (Å²) in [4.78, 5) is 37.6. The van der Waals surface area contributed by atoms with Crippen molar-refractivity contribution >= 4 is 17.9 Å². The Balaban J connectivity index is 4.12. The van der Waals surface area contributed by atoms with Gasteiger partial charge in [-0.15, -0.1) is 0 Å². The van der Waals surface area contributed by atoms with E-state index >= 15 is 0 Å². The summed E-state index contributed by atoms with van der Waals surface area (Å²) in [7, 11) is 5.98. The number of nitrogens with zero attached hydrogens (tertiary/aromatic N) is 1. The highest BCUT2D eigenvalue weighted by Crippen LogP contribution is 2.18. The van der Waals surface area contributed by atoms with Gasteiger partial charge < -0.3 is 28.5 Å². The van der Waals surface area contributed by atoms with Gasteiger partial charge in [0.15, 0.2) is 6.10 Å². The van der Waals surface area contributed by atoms with Gasteiger partial charge in [0.1, 0.15) is 13.2 Å². The van der Waals surface area contributed by atoms with Gasteiger partial charge in [-0.2, -0.15) is 0 Å². The molecular formula is C70H128NO8+. The lowest BCUT2D eigenvalue weighted by molar-refractivity contribution is -0.870. The van der Waals surface area contributed by atoms with Crippen LogP contribution in [0.25, 0.3) is 0 Å². The van der Waals surface area contributed by atoms with E-state index in [0.29, 0.717) is 17.4 Å². The Morgan fingerprint density at radius 2 is 0.722 bits per heavy atom. The minimum absolute atomic E-state index is 0.180. The van der Waals surface area contributed by atoms with Gasteiger partial charge in [-0.1, -0.05) is 280 Å². The number of carboxylic acid groups (broad SMARTS) is 1. The van der Waals surface area contributed by atoms with E-state index in [1.165, 1.54) is 218 Å². The van der Waals surface area contributed by atoms with E-state index in [9.17, 15) is 19.5 Å². The summed E-state index contributed by atoms with van der Waals surface area (Å²) in [5, 5.41) is 9.74. The van der Waals surface area contributed by atoms with Crippen LogP contribution in [0.4, 0.5) is 0 Å². The molecule has 9 nitrogen and oxygen atoms in total. The number of quaternary nitrogens is 1. The summed E-state index contributed by atoms with van der Waals surface area (Å²) >= 11 is 0. The molecule has 0 fully saturated rings. The van der Waals surface area contributed by atoms with Gasteiger partial charge in [-0.05, 0) is 77.0 Å². The Morgan fingerprint density at radius 3 is 1.09 bits per heavy atom. The smallest absolute Gasteiger partial charge is 0.361 e. The van der Waals surface area contributed by atoms with Crippen molar-refractivity contribution in [2.45, 2.75) is 322 Å². The number of carbonyl (C=O) groups is 3. The predicted molar refractivity (Wildman–Crippen MR) is 336 cm³/mol. The lowest BCUT2D eigenvalue weighted by Gasteiger charge is -2.25. The molecular weight excluding hydrogens is 983 g/mol.